The first-order chi connectivity index (χ1) is 23.1. The Morgan fingerprint density at radius 3 is 1.87 bits per heavy atom. The molecule has 224 valence electrons. The normalized spacial score (nSPS) is 19.5. The molecule has 0 radical (unpaired) electrons. The zero-order valence-electron chi connectivity index (χ0n) is 25.2. The number of nitrogens with zero attached hydrogens (tertiary/aromatic N) is 2. The zero-order valence-corrected chi connectivity index (χ0v) is 25.2. The van der Waals surface area contributed by atoms with E-state index in [0.717, 1.165) is 33.4 Å². The van der Waals surface area contributed by atoms with E-state index < -0.39 is 17.0 Å². The summed E-state index contributed by atoms with van der Waals surface area (Å²) in [5.41, 5.74) is 3.05. The van der Waals surface area contributed by atoms with Crippen LogP contribution in [0.15, 0.2) is 169 Å². The molecule has 0 fully saturated rings. The molecule has 0 bridgehead atoms. The third-order valence-corrected chi connectivity index (χ3v) is 9.54. The van der Waals surface area contributed by atoms with Crippen molar-refractivity contribution >= 4 is 22.2 Å². The highest BCUT2D eigenvalue weighted by molar-refractivity contribution is 6.00. The van der Waals surface area contributed by atoms with Crippen LogP contribution in [-0.4, -0.2) is 9.55 Å². The van der Waals surface area contributed by atoms with E-state index in [-0.39, 0.29) is 5.56 Å². The van der Waals surface area contributed by atoms with E-state index in [4.69, 9.17) is 9.72 Å². The number of para-hydroxylation sites is 1. The molecule has 0 aliphatic carbocycles. The summed E-state index contributed by atoms with van der Waals surface area (Å²) in [6.07, 6.45) is 0. The lowest BCUT2D eigenvalue weighted by atomic mass is 9.60. The second kappa shape index (κ2) is 10.2. The predicted molar refractivity (Wildman–Crippen MR) is 183 cm³/mol. The van der Waals surface area contributed by atoms with Crippen molar-refractivity contribution < 1.29 is 9.13 Å². The number of ether oxygens (including phenoxy) is 1. The lowest BCUT2D eigenvalue weighted by molar-refractivity contribution is 0.0231. The molecule has 2 aliphatic heterocycles. The van der Waals surface area contributed by atoms with Gasteiger partial charge < -0.3 is 4.74 Å². The molecule has 7 aromatic rings. The first-order valence-corrected chi connectivity index (χ1v) is 15.6. The summed E-state index contributed by atoms with van der Waals surface area (Å²) in [6.45, 7) is 0. The molecular formula is C42H27FN2O2. The maximum absolute atomic E-state index is 15.4. The molecule has 3 heterocycles. The first-order valence-electron chi connectivity index (χ1n) is 15.6. The van der Waals surface area contributed by atoms with Crippen LogP contribution in [0.1, 0.15) is 27.8 Å². The molecule has 47 heavy (non-hydrogen) atoms. The molecule has 1 aromatic heterocycles. The van der Waals surface area contributed by atoms with Gasteiger partial charge in [-0.2, -0.15) is 0 Å². The average Bonchev–Trinajstić information content (AvgIpc) is 3.47. The number of hydrogen-bond acceptors (Lipinski definition) is 3. The van der Waals surface area contributed by atoms with Gasteiger partial charge in [0.2, 0.25) is 0 Å². The Labute approximate surface area is 270 Å². The molecule has 0 spiro atoms. The molecule has 0 unspecified atom stereocenters. The minimum Gasteiger partial charge on any atom is -0.473 e. The molecule has 0 saturated heterocycles. The van der Waals surface area contributed by atoms with Gasteiger partial charge in [0.25, 0.3) is 5.56 Å². The lowest BCUT2D eigenvalue weighted by Crippen LogP contribution is -2.59. The van der Waals surface area contributed by atoms with Gasteiger partial charge in [0.15, 0.2) is 11.1 Å². The van der Waals surface area contributed by atoms with Gasteiger partial charge in [-0.15, -0.1) is 0 Å². The Morgan fingerprint density at radius 2 is 1.19 bits per heavy atom. The van der Waals surface area contributed by atoms with Crippen LogP contribution in [-0.2, 0) is 15.9 Å². The van der Waals surface area contributed by atoms with Crippen LogP contribution in [0.2, 0.25) is 0 Å². The van der Waals surface area contributed by atoms with Crippen LogP contribution in [0.5, 0.6) is 0 Å². The highest BCUT2D eigenvalue weighted by Gasteiger charge is 2.69. The van der Waals surface area contributed by atoms with E-state index in [0.29, 0.717) is 28.0 Å². The van der Waals surface area contributed by atoms with Crippen molar-refractivity contribution in [2.75, 3.05) is 0 Å². The maximum Gasteiger partial charge on any atom is 0.262 e. The Kier molecular flexibility index (Phi) is 5.93. The van der Waals surface area contributed by atoms with Crippen molar-refractivity contribution in [3.05, 3.63) is 208 Å². The molecule has 6 aromatic carbocycles. The number of fused-ring (bicyclic) bond motifs is 7. The van der Waals surface area contributed by atoms with Crippen molar-refractivity contribution in [2.45, 2.75) is 11.1 Å². The van der Waals surface area contributed by atoms with Gasteiger partial charge in [-0.05, 0) is 35.4 Å². The van der Waals surface area contributed by atoms with E-state index in [9.17, 15) is 0 Å². The van der Waals surface area contributed by atoms with Gasteiger partial charge in [0.1, 0.15) is 17.4 Å². The van der Waals surface area contributed by atoms with E-state index in [1.165, 1.54) is 12.1 Å². The molecule has 9 rings (SSSR count). The zero-order chi connectivity index (χ0) is 31.6. The van der Waals surface area contributed by atoms with Crippen LogP contribution >= 0.6 is 0 Å². The summed E-state index contributed by atoms with van der Waals surface area (Å²) in [4.78, 5) is 20.5. The van der Waals surface area contributed by atoms with Gasteiger partial charge in [0, 0.05) is 27.8 Å². The summed E-state index contributed by atoms with van der Waals surface area (Å²) in [5.74, 6) is 0.586. The van der Waals surface area contributed by atoms with Crippen LogP contribution in [0.4, 0.5) is 4.39 Å². The molecule has 0 saturated carbocycles. The molecule has 0 amide bonds. The molecule has 0 N–H and O–H groups in total. The van der Waals surface area contributed by atoms with Crippen LogP contribution in [0, 0.1) is 5.82 Å². The summed E-state index contributed by atoms with van der Waals surface area (Å²) >= 11 is 0. The Morgan fingerprint density at radius 1 is 0.617 bits per heavy atom. The van der Waals surface area contributed by atoms with Gasteiger partial charge in [-0.3, -0.25) is 9.36 Å². The third-order valence-electron chi connectivity index (χ3n) is 9.54. The Bertz CT molecular complexity index is 2410. The molecule has 4 nitrogen and oxygen atoms in total. The SMILES string of the molecule is O=c1c2ccccc2nc2n1[C@@]1(c3ccccc3)C(c3ccccc3)=C(c3ccccc3)O[C@@]1(c1ccccc1)c1ccc(F)cc1-2. The van der Waals surface area contributed by atoms with E-state index in [1.807, 2.05) is 121 Å². The second-order valence-electron chi connectivity index (χ2n) is 11.9. The fourth-order valence-electron chi connectivity index (χ4n) is 7.76. The Hall–Kier alpha value is -6.07. The Balaban J connectivity index is 1.61. The first kappa shape index (κ1) is 27.3. The van der Waals surface area contributed by atoms with Gasteiger partial charge >= 0.3 is 0 Å². The summed E-state index contributed by atoms with van der Waals surface area (Å²) < 4.78 is 24.8. The van der Waals surface area contributed by atoms with Crippen LogP contribution < -0.4 is 5.56 Å². The molecule has 2 atom stereocenters. The smallest absolute Gasteiger partial charge is 0.262 e. The van der Waals surface area contributed by atoms with Crippen molar-refractivity contribution in [1.29, 1.82) is 0 Å². The van der Waals surface area contributed by atoms with Gasteiger partial charge in [0.05, 0.1) is 10.9 Å². The topological polar surface area (TPSA) is 44.1 Å². The average molecular weight is 611 g/mol. The molecule has 5 heteroatoms. The fourth-order valence-corrected chi connectivity index (χ4v) is 7.76. The van der Waals surface area contributed by atoms with Crippen molar-refractivity contribution in [3.8, 4) is 11.4 Å². The highest BCUT2D eigenvalue weighted by atomic mass is 19.1. The largest absolute Gasteiger partial charge is 0.473 e. The molecule has 2 aliphatic rings. The fraction of sp³-hybridized carbons (Fsp3) is 0.0476. The van der Waals surface area contributed by atoms with E-state index in [1.54, 1.807) is 10.6 Å². The third kappa shape index (κ3) is 3.62. The van der Waals surface area contributed by atoms with Gasteiger partial charge in [-0.1, -0.05) is 140 Å². The van der Waals surface area contributed by atoms with E-state index in [2.05, 4.69) is 24.3 Å². The monoisotopic (exact) mass is 610 g/mol. The lowest BCUT2D eigenvalue weighted by Gasteiger charge is -2.51. The van der Waals surface area contributed by atoms with Crippen molar-refractivity contribution in [2.24, 2.45) is 0 Å². The molecular weight excluding hydrogens is 583 g/mol. The summed E-state index contributed by atoms with van der Waals surface area (Å²) in [7, 11) is 0. The van der Waals surface area contributed by atoms with E-state index >= 15 is 9.18 Å². The predicted octanol–water partition coefficient (Wildman–Crippen LogP) is 8.80. The highest BCUT2D eigenvalue weighted by Crippen LogP contribution is 2.67. The van der Waals surface area contributed by atoms with Gasteiger partial charge in [-0.25, -0.2) is 9.37 Å². The van der Waals surface area contributed by atoms with Crippen molar-refractivity contribution in [1.82, 2.24) is 9.55 Å². The summed E-state index contributed by atoms with van der Waals surface area (Å²) in [5, 5.41) is 0.467. The number of aromatic nitrogens is 2. The second-order valence-corrected chi connectivity index (χ2v) is 11.9. The quantitative estimate of drug-likeness (QED) is 0.200. The minimum absolute atomic E-state index is 0.240. The number of rotatable bonds is 4. The number of benzene rings is 6. The van der Waals surface area contributed by atoms with Crippen LogP contribution in [0.25, 0.3) is 33.6 Å². The standard InChI is InChI=1S/C42H27FN2O2/c43-32-25-26-35-34(27-32)39-44-36-24-14-13-23-33(36)40(46)45(39)41(30-19-9-3-10-20-30)37(28-15-5-1-6-16-28)38(29-17-7-2-8-18-29)47-42(35,41)31-21-11-4-12-22-31/h1-27H/t41-,42-/m0/s1. The maximum atomic E-state index is 15.4. The van der Waals surface area contributed by atoms with Crippen molar-refractivity contribution in [3.63, 3.8) is 0 Å². The number of halogens is 1. The minimum atomic E-state index is -1.37. The van der Waals surface area contributed by atoms with Crippen LogP contribution in [0.3, 0.4) is 0 Å². The number of hydrogen-bond donors (Lipinski definition) is 0. The summed E-state index contributed by atoms with van der Waals surface area (Å²) in [6, 6.07) is 52.3.